The van der Waals surface area contributed by atoms with E-state index in [2.05, 4.69) is 10.6 Å². The van der Waals surface area contributed by atoms with Gasteiger partial charge in [0.05, 0.1) is 6.61 Å². The second-order valence-electron chi connectivity index (χ2n) is 4.88. The summed E-state index contributed by atoms with van der Waals surface area (Å²) in [5, 5.41) is 5.57. The summed E-state index contributed by atoms with van der Waals surface area (Å²) in [7, 11) is 1.49. The minimum atomic E-state index is -0.710. The predicted molar refractivity (Wildman–Crippen MR) is 75.4 cm³/mol. The van der Waals surface area contributed by atoms with E-state index in [1.807, 2.05) is 0 Å². The number of hydrogen-bond acceptors (Lipinski definition) is 4. The third-order valence-corrected chi connectivity index (χ3v) is 3.01. The largest absolute Gasteiger partial charge is 0.383 e. The van der Waals surface area contributed by atoms with E-state index in [4.69, 9.17) is 10.5 Å². The van der Waals surface area contributed by atoms with Gasteiger partial charge in [-0.15, -0.1) is 0 Å². The van der Waals surface area contributed by atoms with Crippen LogP contribution in [0.4, 0.5) is 5.69 Å². The molecule has 6 nitrogen and oxygen atoms in total. The molecule has 1 aromatic carbocycles. The molecule has 2 amide bonds. The van der Waals surface area contributed by atoms with E-state index in [1.165, 1.54) is 7.11 Å². The van der Waals surface area contributed by atoms with Crippen molar-refractivity contribution in [3.05, 3.63) is 29.8 Å². The Labute approximate surface area is 117 Å². The van der Waals surface area contributed by atoms with Crippen LogP contribution in [0.5, 0.6) is 0 Å². The highest BCUT2D eigenvalue weighted by Gasteiger charge is 2.23. The van der Waals surface area contributed by atoms with Crippen LogP contribution in [-0.2, 0) is 9.53 Å². The van der Waals surface area contributed by atoms with Gasteiger partial charge >= 0.3 is 0 Å². The van der Waals surface area contributed by atoms with Gasteiger partial charge in [0, 0.05) is 24.4 Å². The van der Waals surface area contributed by atoms with Gasteiger partial charge in [0.2, 0.25) is 5.91 Å². The Hall–Kier alpha value is -1.92. The van der Waals surface area contributed by atoms with Gasteiger partial charge in [-0.3, -0.25) is 9.59 Å². The lowest BCUT2D eigenvalue weighted by molar-refractivity contribution is -0.118. The molecule has 1 aliphatic rings. The SMILES string of the molecule is COCC(N)C(=O)Nc1ccc(C(=O)NC2CC2)cc1. The van der Waals surface area contributed by atoms with Crippen LogP contribution in [-0.4, -0.2) is 37.6 Å². The van der Waals surface area contributed by atoms with E-state index in [-0.39, 0.29) is 18.4 Å². The third kappa shape index (κ3) is 4.04. The van der Waals surface area contributed by atoms with Crippen LogP contribution in [0.3, 0.4) is 0 Å². The second kappa shape index (κ2) is 6.49. The van der Waals surface area contributed by atoms with Crippen LogP contribution >= 0.6 is 0 Å². The summed E-state index contributed by atoms with van der Waals surface area (Å²) < 4.78 is 4.82. The molecule has 6 heteroatoms. The van der Waals surface area contributed by atoms with E-state index in [1.54, 1.807) is 24.3 Å². The fourth-order valence-corrected chi connectivity index (χ4v) is 1.69. The molecule has 1 fully saturated rings. The van der Waals surface area contributed by atoms with Crippen LogP contribution in [0, 0.1) is 0 Å². The molecule has 0 aromatic heterocycles. The third-order valence-electron chi connectivity index (χ3n) is 3.01. The smallest absolute Gasteiger partial charge is 0.251 e. The Balaban J connectivity index is 1.90. The van der Waals surface area contributed by atoms with Crippen LogP contribution in [0.15, 0.2) is 24.3 Å². The lowest BCUT2D eigenvalue weighted by atomic mass is 10.2. The average molecular weight is 277 g/mol. The van der Waals surface area contributed by atoms with Gasteiger partial charge in [-0.05, 0) is 37.1 Å². The van der Waals surface area contributed by atoms with Gasteiger partial charge in [0.1, 0.15) is 6.04 Å². The highest BCUT2D eigenvalue weighted by Crippen LogP contribution is 2.19. The molecular weight excluding hydrogens is 258 g/mol. The monoisotopic (exact) mass is 277 g/mol. The van der Waals surface area contributed by atoms with Crippen molar-refractivity contribution in [2.75, 3.05) is 19.0 Å². The maximum atomic E-state index is 11.8. The number of methoxy groups -OCH3 is 1. The molecule has 0 bridgehead atoms. The molecule has 4 N–H and O–H groups in total. The summed E-state index contributed by atoms with van der Waals surface area (Å²) in [6.45, 7) is 0.160. The number of amides is 2. The van der Waals surface area contributed by atoms with E-state index < -0.39 is 6.04 Å². The molecule has 20 heavy (non-hydrogen) atoms. The minimum Gasteiger partial charge on any atom is -0.383 e. The molecule has 1 aromatic rings. The average Bonchev–Trinajstić information content (AvgIpc) is 3.23. The minimum absolute atomic E-state index is 0.0820. The van der Waals surface area contributed by atoms with Gasteiger partial charge < -0.3 is 21.1 Å². The number of benzene rings is 1. The normalized spacial score (nSPS) is 15.5. The van der Waals surface area contributed by atoms with Gasteiger partial charge in [0.25, 0.3) is 5.91 Å². The number of carbonyl (C=O) groups is 2. The number of anilines is 1. The number of rotatable bonds is 6. The molecule has 0 saturated heterocycles. The Morgan fingerprint density at radius 1 is 1.35 bits per heavy atom. The van der Waals surface area contributed by atoms with Crippen LogP contribution in [0.1, 0.15) is 23.2 Å². The summed E-state index contributed by atoms with van der Waals surface area (Å²) in [5.74, 6) is -0.400. The molecule has 0 heterocycles. The highest BCUT2D eigenvalue weighted by atomic mass is 16.5. The Morgan fingerprint density at radius 3 is 2.55 bits per heavy atom. The topological polar surface area (TPSA) is 93.4 Å². The molecule has 0 spiro atoms. The van der Waals surface area contributed by atoms with Gasteiger partial charge in [-0.1, -0.05) is 0 Å². The molecule has 2 rings (SSSR count). The lowest BCUT2D eigenvalue weighted by Crippen LogP contribution is -2.39. The van der Waals surface area contributed by atoms with Crippen molar-refractivity contribution in [1.82, 2.24) is 5.32 Å². The van der Waals surface area contributed by atoms with Gasteiger partial charge in [-0.2, -0.15) is 0 Å². The number of carbonyl (C=O) groups excluding carboxylic acids is 2. The summed E-state index contributed by atoms with van der Waals surface area (Å²) in [4.78, 5) is 23.5. The predicted octanol–water partition coefficient (Wildman–Crippen LogP) is 0.491. The quantitative estimate of drug-likeness (QED) is 0.705. The van der Waals surface area contributed by atoms with Crippen LogP contribution in [0.2, 0.25) is 0 Å². The molecule has 1 unspecified atom stereocenters. The number of nitrogens with two attached hydrogens (primary N) is 1. The van der Waals surface area contributed by atoms with Crippen LogP contribution < -0.4 is 16.4 Å². The maximum absolute atomic E-state index is 11.8. The zero-order valence-corrected chi connectivity index (χ0v) is 11.4. The van der Waals surface area contributed by atoms with Gasteiger partial charge in [0.15, 0.2) is 0 Å². The van der Waals surface area contributed by atoms with Crippen molar-refractivity contribution in [2.45, 2.75) is 24.9 Å². The first-order chi connectivity index (χ1) is 9.60. The van der Waals surface area contributed by atoms with Crippen LogP contribution in [0.25, 0.3) is 0 Å². The van der Waals surface area contributed by atoms with E-state index in [0.29, 0.717) is 17.3 Å². The Morgan fingerprint density at radius 2 is 2.00 bits per heavy atom. The second-order valence-corrected chi connectivity index (χ2v) is 4.88. The summed E-state index contributed by atoms with van der Waals surface area (Å²) in [5.41, 5.74) is 6.80. The van der Waals surface area contributed by atoms with E-state index >= 15 is 0 Å². The van der Waals surface area contributed by atoms with Crippen molar-refractivity contribution in [1.29, 1.82) is 0 Å². The van der Waals surface area contributed by atoms with Crippen molar-refractivity contribution in [3.8, 4) is 0 Å². The standard InChI is InChI=1S/C14H19N3O3/c1-20-8-12(15)14(19)17-10-4-2-9(3-5-10)13(18)16-11-6-7-11/h2-5,11-12H,6-8,15H2,1H3,(H,16,18)(H,17,19). The first-order valence-electron chi connectivity index (χ1n) is 6.56. The van der Waals surface area contributed by atoms with Crippen molar-refractivity contribution in [2.24, 2.45) is 5.73 Å². The molecule has 1 aliphatic carbocycles. The fraction of sp³-hybridized carbons (Fsp3) is 0.429. The molecule has 1 atom stereocenters. The molecule has 1 saturated carbocycles. The zero-order valence-electron chi connectivity index (χ0n) is 11.4. The summed E-state index contributed by atoms with van der Waals surface area (Å²) in [6.07, 6.45) is 2.11. The lowest BCUT2D eigenvalue weighted by Gasteiger charge is -2.11. The van der Waals surface area contributed by atoms with Gasteiger partial charge in [-0.25, -0.2) is 0 Å². The number of hydrogen-bond donors (Lipinski definition) is 3. The maximum Gasteiger partial charge on any atom is 0.251 e. The van der Waals surface area contributed by atoms with E-state index in [0.717, 1.165) is 12.8 Å². The first kappa shape index (κ1) is 14.5. The zero-order chi connectivity index (χ0) is 14.5. The van der Waals surface area contributed by atoms with E-state index in [9.17, 15) is 9.59 Å². The van der Waals surface area contributed by atoms with Crippen molar-refractivity contribution >= 4 is 17.5 Å². The highest BCUT2D eigenvalue weighted by molar-refractivity contribution is 5.97. The van der Waals surface area contributed by atoms with Crippen molar-refractivity contribution < 1.29 is 14.3 Å². The molecule has 0 radical (unpaired) electrons. The molecule has 0 aliphatic heterocycles. The number of ether oxygens (including phenoxy) is 1. The summed E-state index contributed by atoms with van der Waals surface area (Å²) in [6, 6.07) is 6.33. The fourth-order valence-electron chi connectivity index (χ4n) is 1.69. The summed E-state index contributed by atoms with van der Waals surface area (Å²) >= 11 is 0. The molecule has 108 valence electrons. The Kier molecular flexibility index (Phi) is 4.70. The van der Waals surface area contributed by atoms with Crippen molar-refractivity contribution in [3.63, 3.8) is 0 Å². The Bertz CT molecular complexity index is 483. The number of nitrogens with one attached hydrogen (secondary N) is 2. The molecular formula is C14H19N3O3. The first-order valence-corrected chi connectivity index (χ1v) is 6.56.